The van der Waals surface area contributed by atoms with E-state index in [9.17, 15) is 9.59 Å². The molecule has 4 saturated heterocycles. The zero-order chi connectivity index (χ0) is 15.3. The van der Waals surface area contributed by atoms with Gasteiger partial charge in [0.25, 0.3) is 11.8 Å². The van der Waals surface area contributed by atoms with E-state index < -0.39 is 24.6 Å². The van der Waals surface area contributed by atoms with E-state index in [1.54, 1.807) is 11.9 Å². The number of nitrogens with zero attached hydrogens (tertiary/aromatic N) is 1. The van der Waals surface area contributed by atoms with Gasteiger partial charge in [-0.25, -0.2) is 0 Å². The number of fused-ring (bicyclic) bond motifs is 4. The predicted octanol–water partition coefficient (Wildman–Crippen LogP) is -2.60. The second-order valence-corrected chi connectivity index (χ2v) is 5.84. The summed E-state index contributed by atoms with van der Waals surface area (Å²) in [7, 11) is 1.55. The van der Waals surface area contributed by atoms with Crippen LogP contribution >= 0.6 is 0 Å². The molecule has 4 fully saturated rings. The van der Waals surface area contributed by atoms with Crippen LogP contribution in [0.2, 0.25) is 0 Å². The molecule has 4 rings (SSSR count). The summed E-state index contributed by atoms with van der Waals surface area (Å²) in [5, 5.41) is 5.72. The van der Waals surface area contributed by atoms with Crippen molar-refractivity contribution in [3.63, 3.8) is 0 Å². The first kappa shape index (κ1) is 14.3. The number of ether oxygens (including phenoxy) is 4. The van der Waals surface area contributed by atoms with Crippen LogP contribution < -0.4 is 10.6 Å². The summed E-state index contributed by atoms with van der Waals surface area (Å²) in [4.78, 5) is 26.1. The molecule has 22 heavy (non-hydrogen) atoms. The molecule has 0 aromatic rings. The Bertz CT molecular complexity index is 488. The van der Waals surface area contributed by atoms with Crippen LogP contribution in [0.25, 0.3) is 0 Å². The molecule has 2 N–H and O–H groups in total. The Hall–Kier alpha value is -1.26. The van der Waals surface area contributed by atoms with Gasteiger partial charge >= 0.3 is 0 Å². The van der Waals surface area contributed by atoms with Gasteiger partial charge in [-0.05, 0) is 0 Å². The highest BCUT2D eigenvalue weighted by Crippen LogP contribution is 2.29. The largest absolute Gasteiger partial charge is 0.357 e. The third-order valence-electron chi connectivity index (χ3n) is 4.41. The maximum Gasteiger partial charge on any atom is 0.254 e. The Morgan fingerprint density at radius 1 is 1.00 bits per heavy atom. The van der Waals surface area contributed by atoms with Gasteiger partial charge in [-0.2, -0.15) is 0 Å². The average Bonchev–Trinajstić information content (AvgIpc) is 3.01. The van der Waals surface area contributed by atoms with Crippen LogP contribution in [0.5, 0.6) is 0 Å². The summed E-state index contributed by atoms with van der Waals surface area (Å²) in [5.74, 6) is -0.363. The number of carbonyl (C=O) groups is 2. The lowest BCUT2D eigenvalue weighted by Crippen LogP contribution is -2.54. The number of carbonyl (C=O) groups excluding carboxylic acids is 2. The Kier molecular flexibility index (Phi) is 3.54. The van der Waals surface area contributed by atoms with Crippen molar-refractivity contribution in [3.05, 3.63) is 0 Å². The monoisotopic (exact) mass is 313 g/mol. The van der Waals surface area contributed by atoms with Gasteiger partial charge in [0.1, 0.15) is 12.2 Å². The standard InChI is InChI=1S/C13H19N3O6/c1-14-12(17)10-7-4-16(5-9(20-7)22-10)13(18)11-6-2-15-3-8(19-6)21-11/h6-11,15H,2-5H2,1H3,(H,14,17)/t6-,7-,8-,9-,10-,11-/m1/s1. The smallest absolute Gasteiger partial charge is 0.254 e. The number of nitrogens with one attached hydrogen (secondary N) is 2. The van der Waals surface area contributed by atoms with Crippen molar-refractivity contribution < 1.29 is 28.5 Å². The molecule has 0 spiro atoms. The Morgan fingerprint density at radius 3 is 2.55 bits per heavy atom. The summed E-state index contributed by atoms with van der Waals surface area (Å²) >= 11 is 0. The minimum absolute atomic E-state index is 0.129. The van der Waals surface area contributed by atoms with Crippen molar-refractivity contribution in [2.75, 3.05) is 33.2 Å². The molecule has 4 aliphatic heterocycles. The molecular weight excluding hydrogens is 294 g/mol. The fraction of sp³-hybridized carbons (Fsp3) is 0.846. The van der Waals surface area contributed by atoms with Crippen LogP contribution in [0.3, 0.4) is 0 Å². The lowest BCUT2D eigenvalue weighted by Gasteiger charge is -2.32. The molecule has 0 unspecified atom stereocenters. The Balaban J connectivity index is 1.44. The molecule has 2 amide bonds. The molecule has 4 aliphatic rings. The molecule has 4 heterocycles. The van der Waals surface area contributed by atoms with Crippen molar-refractivity contribution >= 4 is 11.8 Å². The maximum absolute atomic E-state index is 12.7. The van der Waals surface area contributed by atoms with Crippen LogP contribution in [0.1, 0.15) is 0 Å². The second-order valence-electron chi connectivity index (χ2n) is 5.84. The van der Waals surface area contributed by atoms with Crippen molar-refractivity contribution in [3.8, 4) is 0 Å². The van der Waals surface area contributed by atoms with Crippen LogP contribution in [0.4, 0.5) is 0 Å². The Labute approximate surface area is 127 Å². The van der Waals surface area contributed by atoms with Crippen LogP contribution in [-0.4, -0.2) is 86.9 Å². The van der Waals surface area contributed by atoms with E-state index in [0.29, 0.717) is 26.2 Å². The number of likely N-dealkylation sites (N-methyl/N-ethyl adjacent to an activating group) is 1. The zero-order valence-electron chi connectivity index (χ0n) is 12.2. The molecular formula is C13H19N3O6. The minimum Gasteiger partial charge on any atom is -0.357 e. The van der Waals surface area contributed by atoms with Gasteiger partial charge in [-0.3, -0.25) is 9.59 Å². The Morgan fingerprint density at radius 2 is 1.77 bits per heavy atom. The molecule has 0 aromatic heterocycles. The van der Waals surface area contributed by atoms with Gasteiger partial charge < -0.3 is 34.5 Å². The lowest BCUT2D eigenvalue weighted by atomic mass is 10.1. The molecule has 0 saturated carbocycles. The number of morpholine rings is 2. The van der Waals surface area contributed by atoms with E-state index >= 15 is 0 Å². The van der Waals surface area contributed by atoms with Crippen LogP contribution in [-0.2, 0) is 28.5 Å². The summed E-state index contributed by atoms with van der Waals surface area (Å²) in [6, 6.07) is 0. The third-order valence-corrected chi connectivity index (χ3v) is 4.41. The maximum atomic E-state index is 12.7. The summed E-state index contributed by atoms with van der Waals surface area (Å²) in [5.41, 5.74) is 0. The number of amides is 2. The molecule has 122 valence electrons. The summed E-state index contributed by atoms with van der Waals surface area (Å²) < 4.78 is 22.4. The molecule has 0 aromatic carbocycles. The number of hydrogen-bond donors (Lipinski definition) is 2. The predicted molar refractivity (Wildman–Crippen MR) is 70.6 cm³/mol. The fourth-order valence-corrected chi connectivity index (χ4v) is 3.34. The summed E-state index contributed by atoms with van der Waals surface area (Å²) in [6.07, 6.45) is -2.90. The van der Waals surface area contributed by atoms with Gasteiger partial charge in [0, 0.05) is 20.1 Å². The number of rotatable bonds is 2. The highest BCUT2D eigenvalue weighted by atomic mass is 16.7. The van der Waals surface area contributed by atoms with E-state index in [1.165, 1.54) is 0 Å². The molecule has 9 nitrogen and oxygen atoms in total. The van der Waals surface area contributed by atoms with E-state index in [0.717, 1.165) is 0 Å². The highest BCUT2D eigenvalue weighted by Gasteiger charge is 2.50. The van der Waals surface area contributed by atoms with E-state index in [4.69, 9.17) is 18.9 Å². The first-order chi connectivity index (χ1) is 10.7. The van der Waals surface area contributed by atoms with Gasteiger partial charge in [0.15, 0.2) is 24.8 Å². The normalized spacial score (nSPS) is 43.2. The molecule has 6 atom stereocenters. The first-order valence-corrected chi connectivity index (χ1v) is 7.48. The van der Waals surface area contributed by atoms with Gasteiger partial charge in [0.2, 0.25) is 0 Å². The van der Waals surface area contributed by atoms with Crippen molar-refractivity contribution in [2.45, 2.75) is 37.0 Å². The fourth-order valence-electron chi connectivity index (χ4n) is 3.34. The topological polar surface area (TPSA) is 98.4 Å². The zero-order valence-corrected chi connectivity index (χ0v) is 12.2. The number of hydrogen-bond acceptors (Lipinski definition) is 7. The van der Waals surface area contributed by atoms with Gasteiger partial charge in [-0.15, -0.1) is 0 Å². The van der Waals surface area contributed by atoms with E-state index in [2.05, 4.69) is 10.6 Å². The SMILES string of the molecule is CNC(=O)[C@@H]1O[C@@H]2CN(C(=O)[C@@H]3O[C@@H]4CNC[C@H]3O4)C[C@H]1O2. The molecule has 0 aliphatic carbocycles. The lowest BCUT2D eigenvalue weighted by molar-refractivity contribution is -0.160. The van der Waals surface area contributed by atoms with Crippen LogP contribution in [0.15, 0.2) is 0 Å². The van der Waals surface area contributed by atoms with Crippen molar-refractivity contribution in [1.29, 1.82) is 0 Å². The van der Waals surface area contributed by atoms with Gasteiger partial charge in [-0.1, -0.05) is 0 Å². The van der Waals surface area contributed by atoms with Crippen LogP contribution in [0, 0.1) is 0 Å². The van der Waals surface area contributed by atoms with Crippen molar-refractivity contribution in [1.82, 2.24) is 15.5 Å². The molecule has 9 heteroatoms. The second kappa shape index (κ2) is 5.43. The first-order valence-electron chi connectivity index (χ1n) is 7.48. The van der Waals surface area contributed by atoms with Gasteiger partial charge in [0.05, 0.1) is 13.1 Å². The minimum atomic E-state index is -0.672. The van der Waals surface area contributed by atoms with Crippen molar-refractivity contribution in [2.24, 2.45) is 0 Å². The van der Waals surface area contributed by atoms with E-state index in [-0.39, 0.29) is 24.2 Å². The van der Waals surface area contributed by atoms with E-state index in [1.807, 2.05) is 0 Å². The molecule has 4 bridgehead atoms. The summed E-state index contributed by atoms with van der Waals surface area (Å²) in [6.45, 7) is 1.81. The highest BCUT2D eigenvalue weighted by molar-refractivity contribution is 5.83. The third kappa shape index (κ3) is 2.29. The average molecular weight is 313 g/mol. The molecule has 0 radical (unpaired) electrons. The quantitative estimate of drug-likeness (QED) is 0.577.